The van der Waals surface area contributed by atoms with Gasteiger partial charge >= 0.3 is 5.97 Å². The first-order valence-electron chi connectivity index (χ1n) is 6.04. The fourth-order valence-corrected chi connectivity index (χ4v) is 2.83. The second-order valence-corrected chi connectivity index (χ2v) is 5.48. The van der Waals surface area contributed by atoms with Crippen molar-refractivity contribution in [3.8, 4) is 10.8 Å². The summed E-state index contributed by atoms with van der Waals surface area (Å²) in [7, 11) is 0. The molecule has 0 aromatic carbocycles. The normalized spacial score (nSPS) is 19.9. The number of hydrogen-bond donors (Lipinski definition) is 1. The number of thiophene rings is 1. The molecule has 0 saturated carbocycles. The largest absolute Gasteiger partial charge is 0.481 e. The van der Waals surface area contributed by atoms with Crippen molar-refractivity contribution in [3.63, 3.8) is 0 Å². The van der Waals surface area contributed by atoms with E-state index in [1.54, 1.807) is 11.3 Å². The second kappa shape index (κ2) is 5.10. The first-order valence-corrected chi connectivity index (χ1v) is 6.92. The van der Waals surface area contributed by atoms with Crippen molar-refractivity contribution in [2.75, 3.05) is 13.1 Å². The third-order valence-corrected chi connectivity index (χ3v) is 4.04. The van der Waals surface area contributed by atoms with Gasteiger partial charge in [0.2, 0.25) is 5.89 Å². The Kier molecular flexibility index (Phi) is 3.31. The average Bonchev–Trinajstić information content (AvgIpc) is 3.09. The van der Waals surface area contributed by atoms with E-state index in [4.69, 9.17) is 9.52 Å². The Labute approximate surface area is 113 Å². The van der Waals surface area contributed by atoms with Gasteiger partial charge in [-0.05, 0) is 24.4 Å². The van der Waals surface area contributed by atoms with Crippen molar-refractivity contribution in [1.29, 1.82) is 0 Å². The van der Waals surface area contributed by atoms with Gasteiger partial charge in [-0.1, -0.05) is 6.07 Å². The Morgan fingerprint density at radius 1 is 1.58 bits per heavy atom. The number of nitrogens with zero attached hydrogens (tertiary/aromatic N) is 3. The lowest BCUT2D eigenvalue weighted by molar-refractivity contribution is -0.141. The summed E-state index contributed by atoms with van der Waals surface area (Å²) in [6, 6.07) is 3.86. The van der Waals surface area contributed by atoms with Crippen LogP contribution in [0.15, 0.2) is 21.9 Å². The molecule has 6 nitrogen and oxygen atoms in total. The number of hydrogen-bond acceptors (Lipinski definition) is 6. The molecule has 1 N–H and O–H groups in total. The van der Waals surface area contributed by atoms with Crippen molar-refractivity contribution < 1.29 is 14.3 Å². The van der Waals surface area contributed by atoms with Gasteiger partial charge in [0.25, 0.3) is 5.89 Å². The molecule has 0 spiro atoms. The number of carboxylic acid groups (broad SMARTS) is 1. The minimum absolute atomic E-state index is 0.278. The molecule has 100 valence electrons. The van der Waals surface area contributed by atoms with E-state index in [9.17, 15) is 4.79 Å². The van der Waals surface area contributed by atoms with Gasteiger partial charge in [0.15, 0.2) is 0 Å². The van der Waals surface area contributed by atoms with Crippen LogP contribution in [0.2, 0.25) is 0 Å². The van der Waals surface area contributed by atoms with Crippen molar-refractivity contribution in [1.82, 2.24) is 15.1 Å². The van der Waals surface area contributed by atoms with E-state index in [0.29, 0.717) is 31.3 Å². The highest BCUT2D eigenvalue weighted by Crippen LogP contribution is 2.24. The van der Waals surface area contributed by atoms with Crippen LogP contribution in [-0.2, 0) is 11.3 Å². The van der Waals surface area contributed by atoms with Crippen molar-refractivity contribution in [2.45, 2.75) is 13.0 Å². The SMILES string of the molecule is O=C(O)C1CCN(Cc2nnc(-c3cccs3)o2)C1. The first kappa shape index (κ1) is 12.3. The summed E-state index contributed by atoms with van der Waals surface area (Å²) in [6.07, 6.45) is 0.682. The summed E-state index contributed by atoms with van der Waals surface area (Å²) in [6.45, 7) is 1.82. The molecule has 2 aromatic heterocycles. The fraction of sp³-hybridized carbons (Fsp3) is 0.417. The van der Waals surface area contributed by atoms with Gasteiger partial charge in [0, 0.05) is 6.54 Å². The number of carbonyl (C=O) groups is 1. The third-order valence-electron chi connectivity index (χ3n) is 3.18. The van der Waals surface area contributed by atoms with Crippen LogP contribution in [-0.4, -0.2) is 39.3 Å². The smallest absolute Gasteiger partial charge is 0.307 e. The number of aliphatic carboxylic acids is 1. The number of carboxylic acids is 1. The van der Waals surface area contributed by atoms with E-state index in [2.05, 4.69) is 10.2 Å². The zero-order valence-corrected chi connectivity index (χ0v) is 11.0. The highest BCUT2D eigenvalue weighted by atomic mass is 32.1. The van der Waals surface area contributed by atoms with Gasteiger partial charge < -0.3 is 9.52 Å². The maximum absolute atomic E-state index is 10.9. The summed E-state index contributed by atoms with van der Waals surface area (Å²) in [5.41, 5.74) is 0. The molecular formula is C12H13N3O3S. The van der Waals surface area contributed by atoms with Crippen molar-refractivity contribution >= 4 is 17.3 Å². The molecule has 1 aliphatic rings. The lowest BCUT2D eigenvalue weighted by atomic mass is 10.1. The van der Waals surface area contributed by atoms with Crippen LogP contribution in [0, 0.1) is 5.92 Å². The first-order chi connectivity index (χ1) is 9.22. The van der Waals surface area contributed by atoms with Crippen LogP contribution >= 0.6 is 11.3 Å². The van der Waals surface area contributed by atoms with Gasteiger partial charge in [-0.3, -0.25) is 9.69 Å². The summed E-state index contributed by atoms with van der Waals surface area (Å²) in [5, 5.41) is 18.9. The molecule has 3 heterocycles. The third kappa shape index (κ3) is 2.66. The molecule has 1 aliphatic heterocycles. The van der Waals surface area contributed by atoms with Gasteiger partial charge in [0.05, 0.1) is 17.3 Å². The number of likely N-dealkylation sites (tertiary alicyclic amines) is 1. The van der Waals surface area contributed by atoms with Crippen molar-refractivity contribution in [2.24, 2.45) is 5.92 Å². The zero-order valence-electron chi connectivity index (χ0n) is 10.2. The quantitative estimate of drug-likeness (QED) is 0.917. The van der Waals surface area contributed by atoms with Crippen LogP contribution in [0.4, 0.5) is 0 Å². The van der Waals surface area contributed by atoms with Crippen LogP contribution in [0.1, 0.15) is 12.3 Å². The molecule has 19 heavy (non-hydrogen) atoms. The van der Waals surface area contributed by atoms with Crippen LogP contribution in [0.25, 0.3) is 10.8 Å². The summed E-state index contributed by atoms with van der Waals surface area (Å²) in [4.78, 5) is 13.9. The zero-order chi connectivity index (χ0) is 13.2. The maximum Gasteiger partial charge on any atom is 0.307 e. The summed E-state index contributed by atoms with van der Waals surface area (Å²) >= 11 is 1.55. The standard InChI is InChI=1S/C12H13N3O3S/c16-12(17)8-3-4-15(6-8)7-10-13-14-11(18-10)9-2-1-5-19-9/h1-2,5,8H,3-4,6-7H2,(H,16,17). The molecule has 7 heteroatoms. The number of aromatic nitrogens is 2. The van der Waals surface area contributed by atoms with Gasteiger partial charge in [-0.15, -0.1) is 21.5 Å². The second-order valence-electron chi connectivity index (χ2n) is 4.54. The average molecular weight is 279 g/mol. The van der Waals surface area contributed by atoms with Crippen LogP contribution < -0.4 is 0 Å². The lowest BCUT2D eigenvalue weighted by Gasteiger charge is -2.11. The molecule has 0 radical (unpaired) electrons. The Bertz CT molecular complexity index is 567. The highest BCUT2D eigenvalue weighted by Gasteiger charge is 2.28. The minimum atomic E-state index is -0.729. The van der Waals surface area contributed by atoms with Crippen LogP contribution in [0.5, 0.6) is 0 Å². The van der Waals surface area contributed by atoms with E-state index in [-0.39, 0.29) is 5.92 Å². The number of rotatable bonds is 4. The molecule has 3 rings (SSSR count). The molecule has 1 fully saturated rings. The molecular weight excluding hydrogens is 266 g/mol. The van der Waals surface area contributed by atoms with Gasteiger partial charge in [-0.2, -0.15) is 0 Å². The van der Waals surface area contributed by atoms with E-state index in [1.165, 1.54) is 0 Å². The molecule has 1 unspecified atom stereocenters. The van der Waals surface area contributed by atoms with E-state index >= 15 is 0 Å². The molecule has 0 amide bonds. The summed E-state index contributed by atoms with van der Waals surface area (Å²) < 4.78 is 5.58. The topological polar surface area (TPSA) is 79.5 Å². The Morgan fingerprint density at radius 3 is 3.16 bits per heavy atom. The predicted molar refractivity (Wildman–Crippen MR) is 68.6 cm³/mol. The Morgan fingerprint density at radius 2 is 2.47 bits per heavy atom. The molecule has 0 bridgehead atoms. The molecule has 2 aromatic rings. The van der Waals surface area contributed by atoms with E-state index in [1.807, 2.05) is 22.4 Å². The molecule has 1 atom stereocenters. The summed E-state index contributed by atoms with van der Waals surface area (Å²) in [5.74, 6) is 0.0559. The minimum Gasteiger partial charge on any atom is -0.481 e. The predicted octanol–water partition coefficient (Wildman–Crippen LogP) is 1.70. The van der Waals surface area contributed by atoms with E-state index in [0.717, 1.165) is 11.4 Å². The highest BCUT2D eigenvalue weighted by molar-refractivity contribution is 7.13. The molecule has 0 aliphatic carbocycles. The molecule has 1 saturated heterocycles. The Hall–Kier alpha value is -1.73. The van der Waals surface area contributed by atoms with Crippen molar-refractivity contribution in [3.05, 3.63) is 23.4 Å². The monoisotopic (exact) mass is 279 g/mol. The maximum atomic E-state index is 10.9. The van der Waals surface area contributed by atoms with Gasteiger partial charge in [0.1, 0.15) is 0 Å². The van der Waals surface area contributed by atoms with E-state index < -0.39 is 5.97 Å². The Balaban J connectivity index is 1.64. The van der Waals surface area contributed by atoms with Gasteiger partial charge in [-0.25, -0.2) is 0 Å². The lowest BCUT2D eigenvalue weighted by Crippen LogP contribution is -2.22. The fourth-order valence-electron chi connectivity index (χ4n) is 2.19. The van der Waals surface area contributed by atoms with Crippen LogP contribution in [0.3, 0.4) is 0 Å².